The van der Waals surface area contributed by atoms with Gasteiger partial charge in [-0.15, -0.1) is 37.1 Å². The number of benzene rings is 1. The van der Waals surface area contributed by atoms with Gasteiger partial charge in [-0.1, -0.05) is 67.7 Å². The Bertz CT molecular complexity index is 678. The Morgan fingerprint density at radius 3 is 1.69 bits per heavy atom. The van der Waals surface area contributed by atoms with Crippen LogP contribution in [0.5, 0.6) is 0 Å². The number of halogens is 2. The fraction of sp³-hybridized carbons (Fsp3) is 0.360. The van der Waals surface area contributed by atoms with Crippen LogP contribution in [0.2, 0.25) is 6.55 Å². The fourth-order valence-corrected chi connectivity index (χ4v) is 4.44. The molecule has 0 nitrogen and oxygen atoms in total. The summed E-state index contributed by atoms with van der Waals surface area (Å²) in [5, 5.41) is 1.49. The van der Waals surface area contributed by atoms with Gasteiger partial charge in [0.1, 0.15) is 0 Å². The molecule has 0 aliphatic heterocycles. The first kappa shape index (κ1) is 24.9. The minimum atomic E-state index is -0.826. The molecule has 1 aromatic carbocycles. The van der Waals surface area contributed by atoms with Gasteiger partial charge in [0.25, 0.3) is 0 Å². The van der Waals surface area contributed by atoms with E-state index >= 15 is 0 Å². The van der Waals surface area contributed by atoms with Crippen molar-refractivity contribution in [3.63, 3.8) is 0 Å². The molecule has 1 aromatic rings. The van der Waals surface area contributed by atoms with E-state index in [4.69, 9.17) is 17.0 Å². The molecule has 1 radical (unpaired) electrons. The van der Waals surface area contributed by atoms with Crippen LogP contribution in [0.15, 0.2) is 76.9 Å². The van der Waals surface area contributed by atoms with Crippen LogP contribution in [-0.4, -0.2) is 9.52 Å². The third-order valence-electron chi connectivity index (χ3n) is 5.35. The third kappa shape index (κ3) is 9.52. The molecule has 0 amide bonds. The van der Waals surface area contributed by atoms with Crippen LogP contribution >= 0.6 is 17.0 Å². The molecule has 4 aliphatic carbocycles. The van der Waals surface area contributed by atoms with Gasteiger partial charge < -0.3 is 0 Å². The standard InChI is InChI=1S/2C9H11.C7H9Si.2ClH.Zr/c2*1-2-5-9-7-3-6-8(9)4-1;1-8-7-5-3-2-4-6-7;;;/h2*3-4,7H,1-2,5-6H2;2-6,8H,1H3;2*1H;/q2*-1;;;;+4/p-2. The van der Waals surface area contributed by atoms with Crippen LogP contribution in [0, 0.1) is 12.8 Å². The molecule has 0 unspecified atom stereocenters. The maximum atomic E-state index is 4.93. The molecule has 0 fully saturated rings. The summed E-state index contributed by atoms with van der Waals surface area (Å²) in [4.78, 5) is 0. The van der Waals surface area contributed by atoms with Crippen molar-refractivity contribution in [3.8, 4) is 0 Å². The number of hydrogen-bond acceptors (Lipinski definition) is 0. The summed E-state index contributed by atoms with van der Waals surface area (Å²) >= 11 is -0.826. The van der Waals surface area contributed by atoms with Crippen molar-refractivity contribution in [3.05, 3.63) is 89.8 Å². The molecule has 0 bridgehead atoms. The quantitative estimate of drug-likeness (QED) is 0.266. The predicted octanol–water partition coefficient (Wildman–Crippen LogP) is 7.44. The average Bonchev–Trinajstić information content (AvgIpc) is 3.45. The van der Waals surface area contributed by atoms with E-state index in [0.717, 1.165) is 0 Å². The Balaban J connectivity index is 0.000000146. The molecule has 0 saturated heterocycles. The van der Waals surface area contributed by atoms with Gasteiger partial charge in [0.05, 0.1) is 9.52 Å². The van der Waals surface area contributed by atoms with E-state index in [1.165, 1.54) is 56.6 Å². The predicted molar refractivity (Wildman–Crippen MR) is 129 cm³/mol. The van der Waals surface area contributed by atoms with Crippen LogP contribution in [-0.2, 0) is 20.8 Å². The fourth-order valence-electron chi connectivity index (χ4n) is 3.83. The summed E-state index contributed by atoms with van der Waals surface area (Å²) in [5.41, 5.74) is 6.39. The van der Waals surface area contributed by atoms with Crippen LogP contribution < -0.4 is 5.19 Å². The number of rotatable bonds is 1. The van der Waals surface area contributed by atoms with Gasteiger partial charge in [0.2, 0.25) is 0 Å². The first-order valence-corrected chi connectivity index (χ1v) is 18.6. The average molecular weight is 522 g/mol. The van der Waals surface area contributed by atoms with Gasteiger partial charge in [-0.25, -0.2) is 24.0 Å². The molecule has 153 valence electrons. The monoisotopic (exact) mass is 519 g/mol. The molecule has 0 aromatic heterocycles. The minimum absolute atomic E-state index is 0.511. The maximum absolute atomic E-state index is 4.93. The summed E-state index contributed by atoms with van der Waals surface area (Å²) < 4.78 is 0. The van der Waals surface area contributed by atoms with E-state index in [2.05, 4.69) is 74.0 Å². The molecule has 0 saturated carbocycles. The summed E-state index contributed by atoms with van der Waals surface area (Å²) in [5.74, 6) is 0. The Labute approximate surface area is 199 Å². The molecule has 5 rings (SSSR count). The van der Waals surface area contributed by atoms with Crippen molar-refractivity contribution in [2.75, 3.05) is 0 Å². The normalized spacial score (nSPS) is 17.8. The van der Waals surface area contributed by atoms with E-state index in [9.17, 15) is 0 Å². The molecule has 0 N–H and O–H groups in total. The van der Waals surface area contributed by atoms with Gasteiger partial charge >= 0.3 is 37.9 Å². The zero-order chi connectivity index (χ0) is 20.7. The number of hydrogen-bond donors (Lipinski definition) is 0. The van der Waals surface area contributed by atoms with Crippen molar-refractivity contribution in [1.29, 1.82) is 0 Å². The van der Waals surface area contributed by atoms with Crippen LogP contribution in [0.25, 0.3) is 0 Å². The summed E-state index contributed by atoms with van der Waals surface area (Å²) in [6.45, 7) is 2.25. The van der Waals surface area contributed by atoms with E-state index < -0.39 is 20.8 Å². The van der Waals surface area contributed by atoms with Crippen molar-refractivity contribution in [1.82, 2.24) is 0 Å². The van der Waals surface area contributed by atoms with Crippen LogP contribution in [0.4, 0.5) is 0 Å². The van der Waals surface area contributed by atoms with Gasteiger partial charge in [0, 0.05) is 0 Å². The second kappa shape index (κ2) is 15.4. The van der Waals surface area contributed by atoms with Gasteiger partial charge in [0.15, 0.2) is 0 Å². The van der Waals surface area contributed by atoms with Gasteiger partial charge in [-0.2, -0.15) is 11.1 Å². The Morgan fingerprint density at radius 2 is 1.31 bits per heavy atom. The van der Waals surface area contributed by atoms with Gasteiger partial charge in [-0.05, 0) is 12.8 Å². The van der Waals surface area contributed by atoms with Crippen LogP contribution in [0.1, 0.15) is 51.4 Å². The second-order valence-corrected chi connectivity index (χ2v) is 12.3. The van der Waals surface area contributed by atoms with Crippen molar-refractivity contribution in [2.24, 2.45) is 0 Å². The summed E-state index contributed by atoms with van der Waals surface area (Å²) in [6.07, 6.45) is 24.3. The van der Waals surface area contributed by atoms with Crippen LogP contribution in [0.3, 0.4) is 0 Å². The first-order valence-electron chi connectivity index (χ1n) is 10.5. The molecule has 0 heterocycles. The van der Waals surface area contributed by atoms with E-state index in [1.807, 2.05) is 0 Å². The topological polar surface area (TPSA) is 0 Å². The molecule has 29 heavy (non-hydrogen) atoms. The summed E-state index contributed by atoms with van der Waals surface area (Å²) in [6, 6.07) is 10.6. The van der Waals surface area contributed by atoms with Crippen molar-refractivity contribution >= 4 is 31.7 Å². The molecule has 0 spiro atoms. The van der Waals surface area contributed by atoms with E-state index in [0.29, 0.717) is 9.52 Å². The molecule has 4 aliphatic rings. The Kier molecular flexibility index (Phi) is 13.2. The van der Waals surface area contributed by atoms with E-state index in [1.54, 1.807) is 22.3 Å². The van der Waals surface area contributed by atoms with E-state index in [-0.39, 0.29) is 0 Å². The second-order valence-electron chi connectivity index (χ2n) is 7.28. The first-order chi connectivity index (χ1) is 14.3. The molecular formula is C25H31Cl2SiZr. The zero-order valence-corrected chi connectivity index (χ0v) is 22.5. The van der Waals surface area contributed by atoms with Crippen molar-refractivity contribution in [2.45, 2.75) is 57.9 Å². The Hall–Kier alpha value is -0.400. The molecule has 4 heteroatoms. The Morgan fingerprint density at radius 1 is 0.828 bits per heavy atom. The third-order valence-corrected chi connectivity index (χ3v) is 6.40. The SMILES string of the molecule is C1=CC2=C([CH-]CCC2)C1.C1=CC2=C([CH-]CCC2)C1.C[SiH]c1ccccc1.[Cl][Zr+2][Cl]. The zero-order valence-electron chi connectivity index (χ0n) is 17.3. The van der Waals surface area contributed by atoms with Crippen molar-refractivity contribution < 1.29 is 20.8 Å². The molecule has 0 atom stereocenters. The van der Waals surface area contributed by atoms with Gasteiger partial charge in [-0.3, -0.25) is 0 Å². The number of allylic oxidation sites excluding steroid dienone is 8. The molecular weight excluding hydrogens is 490 g/mol. The summed E-state index contributed by atoms with van der Waals surface area (Å²) in [7, 11) is 10.4.